The second-order valence-corrected chi connectivity index (χ2v) is 5.18. The summed E-state index contributed by atoms with van der Waals surface area (Å²) in [6, 6.07) is 8.12. The van der Waals surface area contributed by atoms with Crippen LogP contribution in [0.1, 0.15) is 32.1 Å². The van der Waals surface area contributed by atoms with Gasteiger partial charge in [0.05, 0.1) is 5.52 Å². The summed E-state index contributed by atoms with van der Waals surface area (Å²) in [5, 5.41) is 1.11. The highest BCUT2D eigenvalue weighted by atomic mass is 15.2. The third-order valence-electron chi connectivity index (χ3n) is 3.76. The maximum atomic E-state index is 5.85. The lowest BCUT2D eigenvalue weighted by molar-refractivity contribution is 0.554. The standard InChI is InChI=1S/C15H20N4/c16-15-17-13-9-5-4-8-12(13)14(18-15)19-10-6-2-1-3-7-11-19/h4-5,8-9H,1-3,6-7,10-11H2,(H2,16,17,18). The fourth-order valence-corrected chi connectivity index (χ4v) is 2.78. The van der Waals surface area contributed by atoms with Crippen molar-refractivity contribution in [2.45, 2.75) is 32.1 Å². The third kappa shape index (κ3) is 2.62. The lowest BCUT2D eigenvalue weighted by atomic mass is 10.1. The van der Waals surface area contributed by atoms with Crippen LogP contribution in [-0.4, -0.2) is 23.1 Å². The molecule has 0 spiro atoms. The molecule has 0 bridgehead atoms. The Labute approximate surface area is 113 Å². The first-order valence-electron chi connectivity index (χ1n) is 7.12. The first-order valence-corrected chi connectivity index (χ1v) is 7.12. The van der Waals surface area contributed by atoms with E-state index < -0.39 is 0 Å². The molecule has 4 nitrogen and oxygen atoms in total. The summed E-state index contributed by atoms with van der Waals surface area (Å²) in [7, 11) is 0. The summed E-state index contributed by atoms with van der Waals surface area (Å²) >= 11 is 0. The van der Waals surface area contributed by atoms with Gasteiger partial charge in [0.1, 0.15) is 5.82 Å². The smallest absolute Gasteiger partial charge is 0.222 e. The van der Waals surface area contributed by atoms with Crippen molar-refractivity contribution in [2.24, 2.45) is 0 Å². The molecule has 0 aliphatic carbocycles. The maximum Gasteiger partial charge on any atom is 0.222 e. The van der Waals surface area contributed by atoms with Gasteiger partial charge in [-0.25, -0.2) is 4.98 Å². The minimum absolute atomic E-state index is 0.371. The van der Waals surface area contributed by atoms with E-state index in [0.717, 1.165) is 29.8 Å². The van der Waals surface area contributed by atoms with E-state index >= 15 is 0 Å². The summed E-state index contributed by atoms with van der Waals surface area (Å²) in [5.74, 6) is 1.38. The first-order chi connectivity index (χ1) is 9.34. The summed E-state index contributed by atoms with van der Waals surface area (Å²) in [6.45, 7) is 2.14. The van der Waals surface area contributed by atoms with Gasteiger partial charge in [-0.2, -0.15) is 4.98 Å². The van der Waals surface area contributed by atoms with Crippen molar-refractivity contribution in [3.05, 3.63) is 24.3 Å². The normalized spacial score (nSPS) is 17.2. The Kier molecular flexibility index (Phi) is 3.49. The highest BCUT2D eigenvalue weighted by Crippen LogP contribution is 2.26. The van der Waals surface area contributed by atoms with Crippen molar-refractivity contribution in [3.8, 4) is 0 Å². The minimum atomic E-state index is 0.371. The molecule has 2 heterocycles. The van der Waals surface area contributed by atoms with Gasteiger partial charge in [0, 0.05) is 18.5 Å². The summed E-state index contributed by atoms with van der Waals surface area (Å²) in [6.07, 6.45) is 6.46. The van der Waals surface area contributed by atoms with Crippen molar-refractivity contribution < 1.29 is 0 Å². The third-order valence-corrected chi connectivity index (χ3v) is 3.76. The molecule has 1 aromatic carbocycles. The van der Waals surface area contributed by atoms with E-state index in [1.807, 2.05) is 18.2 Å². The van der Waals surface area contributed by atoms with E-state index in [4.69, 9.17) is 5.73 Å². The number of para-hydroxylation sites is 1. The molecule has 0 saturated carbocycles. The number of aromatic nitrogens is 2. The predicted octanol–water partition coefficient (Wildman–Crippen LogP) is 2.98. The van der Waals surface area contributed by atoms with E-state index in [1.165, 1.54) is 32.1 Å². The lowest BCUT2D eigenvalue weighted by Gasteiger charge is -2.26. The van der Waals surface area contributed by atoms with Gasteiger partial charge in [0.25, 0.3) is 0 Å². The van der Waals surface area contributed by atoms with Crippen LogP contribution in [0.5, 0.6) is 0 Å². The average Bonchev–Trinajstić information content (AvgIpc) is 2.37. The number of hydrogen-bond acceptors (Lipinski definition) is 4. The number of benzene rings is 1. The lowest BCUT2D eigenvalue weighted by Crippen LogP contribution is -2.28. The van der Waals surface area contributed by atoms with Crippen molar-refractivity contribution >= 4 is 22.7 Å². The zero-order valence-corrected chi connectivity index (χ0v) is 11.2. The zero-order chi connectivity index (χ0) is 13.1. The average molecular weight is 256 g/mol. The quantitative estimate of drug-likeness (QED) is 0.852. The molecule has 0 atom stereocenters. The van der Waals surface area contributed by atoms with Gasteiger partial charge in [-0.1, -0.05) is 31.4 Å². The molecule has 0 amide bonds. The van der Waals surface area contributed by atoms with Crippen LogP contribution in [0, 0.1) is 0 Å². The molecule has 4 heteroatoms. The Bertz CT molecular complexity index is 559. The van der Waals surface area contributed by atoms with E-state index in [-0.39, 0.29) is 0 Å². The molecule has 0 radical (unpaired) electrons. The molecule has 1 aliphatic rings. The molecule has 1 fully saturated rings. The highest BCUT2D eigenvalue weighted by Gasteiger charge is 2.14. The van der Waals surface area contributed by atoms with Crippen LogP contribution in [0.25, 0.3) is 10.9 Å². The minimum Gasteiger partial charge on any atom is -0.368 e. The molecule has 1 aromatic heterocycles. The Hall–Kier alpha value is -1.84. The summed E-state index contributed by atoms with van der Waals surface area (Å²) < 4.78 is 0. The second-order valence-electron chi connectivity index (χ2n) is 5.18. The molecule has 3 rings (SSSR count). The van der Waals surface area contributed by atoms with Crippen molar-refractivity contribution in [1.29, 1.82) is 0 Å². The topological polar surface area (TPSA) is 55.0 Å². The molecule has 2 aromatic rings. The van der Waals surface area contributed by atoms with Crippen LogP contribution in [0.2, 0.25) is 0 Å². The molecule has 2 N–H and O–H groups in total. The van der Waals surface area contributed by atoms with E-state index in [9.17, 15) is 0 Å². The van der Waals surface area contributed by atoms with Crippen LogP contribution >= 0.6 is 0 Å². The highest BCUT2D eigenvalue weighted by molar-refractivity contribution is 5.90. The van der Waals surface area contributed by atoms with Gasteiger partial charge in [-0.15, -0.1) is 0 Å². The predicted molar refractivity (Wildman–Crippen MR) is 79.2 cm³/mol. The molecule has 0 unspecified atom stereocenters. The van der Waals surface area contributed by atoms with Gasteiger partial charge < -0.3 is 10.6 Å². The van der Waals surface area contributed by atoms with Crippen LogP contribution in [0.15, 0.2) is 24.3 Å². The zero-order valence-electron chi connectivity index (χ0n) is 11.2. The number of hydrogen-bond donors (Lipinski definition) is 1. The van der Waals surface area contributed by atoms with Gasteiger partial charge in [-0.05, 0) is 25.0 Å². The van der Waals surface area contributed by atoms with Crippen LogP contribution < -0.4 is 10.6 Å². The fourth-order valence-electron chi connectivity index (χ4n) is 2.78. The Morgan fingerprint density at radius 2 is 1.58 bits per heavy atom. The summed E-state index contributed by atoms with van der Waals surface area (Å²) in [4.78, 5) is 11.2. The molecule has 1 aliphatic heterocycles. The summed E-state index contributed by atoms with van der Waals surface area (Å²) in [5.41, 5.74) is 6.79. The Balaban J connectivity index is 2.02. The van der Waals surface area contributed by atoms with Gasteiger partial charge in [0.2, 0.25) is 5.95 Å². The van der Waals surface area contributed by atoms with E-state index in [0.29, 0.717) is 5.95 Å². The van der Waals surface area contributed by atoms with Crippen molar-refractivity contribution in [3.63, 3.8) is 0 Å². The first kappa shape index (κ1) is 12.2. The Morgan fingerprint density at radius 3 is 2.37 bits per heavy atom. The van der Waals surface area contributed by atoms with Crippen LogP contribution in [0.3, 0.4) is 0 Å². The SMILES string of the molecule is Nc1nc(N2CCCCCCC2)c2ccccc2n1. The number of nitrogen functional groups attached to an aromatic ring is 1. The van der Waals surface area contributed by atoms with Crippen LogP contribution in [-0.2, 0) is 0 Å². The Morgan fingerprint density at radius 1 is 0.895 bits per heavy atom. The van der Waals surface area contributed by atoms with Crippen LogP contribution in [0.4, 0.5) is 11.8 Å². The second kappa shape index (κ2) is 5.43. The molecule has 19 heavy (non-hydrogen) atoms. The van der Waals surface area contributed by atoms with Crippen molar-refractivity contribution in [1.82, 2.24) is 9.97 Å². The van der Waals surface area contributed by atoms with E-state index in [1.54, 1.807) is 0 Å². The van der Waals surface area contributed by atoms with Gasteiger partial charge >= 0.3 is 0 Å². The van der Waals surface area contributed by atoms with Gasteiger partial charge in [0.15, 0.2) is 0 Å². The van der Waals surface area contributed by atoms with Gasteiger partial charge in [-0.3, -0.25) is 0 Å². The number of rotatable bonds is 1. The number of nitrogens with two attached hydrogens (primary N) is 1. The number of anilines is 2. The van der Waals surface area contributed by atoms with Crippen molar-refractivity contribution in [2.75, 3.05) is 23.7 Å². The molecule has 1 saturated heterocycles. The largest absolute Gasteiger partial charge is 0.368 e. The maximum absolute atomic E-state index is 5.85. The molecular weight excluding hydrogens is 236 g/mol. The number of fused-ring (bicyclic) bond motifs is 1. The number of nitrogens with zero attached hydrogens (tertiary/aromatic N) is 3. The van der Waals surface area contributed by atoms with E-state index in [2.05, 4.69) is 20.9 Å². The molecular formula is C15H20N4. The fraction of sp³-hybridized carbons (Fsp3) is 0.467. The molecule has 100 valence electrons. The monoisotopic (exact) mass is 256 g/mol.